The molecule has 0 aliphatic carbocycles. The first-order chi connectivity index (χ1) is 7.52. The van der Waals surface area contributed by atoms with Crippen LogP contribution in [-0.2, 0) is 14.3 Å². The number of carbonyl (C=O) groups is 2. The van der Waals surface area contributed by atoms with E-state index in [2.05, 4.69) is 5.32 Å². The minimum absolute atomic E-state index is 0.0469. The number of hydrogen-bond donors (Lipinski definition) is 2. The Labute approximate surface area is 95.1 Å². The van der Waals surface area contributed by atoms with Gasteiger partial charge in [0.1, 0.15) is 6.04 Å². The third kappa shape index (κ3) is 3.46. The number of amides is 2. The highest BCUT2D eigenvalue weighted by molar-refractivity contribution is 5.87. The first-order valence-electron chi connectivity index (χ1n) is 5.42. The highest BCUT2D eigenvalue weighted by Crippen LogP contribution is 2.04. The molecule has 0 spiro atoms. The normalized spacial score (nSPS) is 20.8. The maximum absolute atomic E-state index is 12.1. The van der Waals surface area contributed by atoms with Gasteiger partial charge < -0.3 is 20.7 Å². The van der Waals surface area contributed by atoms with E-state index in [9.17, 15) is 9.59 Å². The molecule has 1 unspecified atom stereocenters. The Morgan fingerprint density at radius 3 is 2.69 bits per heavy atom. The van der Waals surface area contributed by atoms with Crippen molar-refractivity contribution in [1.29, 1.82) is 0 Å². The molecule has 3 N–H and O–H groups in total. The molecule has 16 heavy (non-hydrogen) atoms. The van der Waals surface area contributed by atoms with Gasteiger partial charge in [-0.05, 0) is 13.8 Å². The van der Waals surface area contributed by atoms with Gasteiger partial charge in [0.25, 0.3) is 0 Å². The van der Waals surface area contributed by atoms with Gasteiger partial charge in [-0.3, -0.25) is 9.59 Å². The van der Waals surface area contributed by atoms with Crippen LogP contribution >= 0.6 is 0 Å². The molecule has 2 amide bonds. The van der Waals surface area contributed by atoms with Crippen LogP contribution in [0.15, 0.2) is 0 Å². The molecule has 1 fully saturated rings. The van der Waals surface area contributed by atoms with Crippen LogP contribution in [-0.4, -0.2) is 55.1 Å². The summed E-state index contributed by atoms with van der Waals surface area (Å²) in [6.07, 6.45) is 0. The lowest BCUT2D eigenvalue weighted by molar-refractivity contribution is -0.141. The monoisotopic (exact) mass is 229 g/mol. The molecule has 0 aromatic heterocycles. The van der Waals surface area contributed by atoms with E-state index in [-0.39, 0.29) is 24.5 Å². The fourth-order valence-corrected chi connectivity index (χ4v) is 1.61. The van der Waals surface area contributed by atoms with Gasteiger partial charge in [0, 0.05) is 12.6 Å². The van der Waals surface area contributed by atoms with E-state index in [1.807, 2.05) is 13.8 Å². The number of hydrogen-bond acceptors (Lipinski definition) is 4. The van der Waals surface area contributed by atoms with E-state index in [0.717, 1.165) is 0 Å². The summed E-state index contributed by atoms with van der Waals surface area (Å²) >= 11 is 0. The van der Waals surface area contributed by atoms with E-state index in [0.29, 0.717) is 19.8 Å². The summed E-state index contributed by atoms with van der Waals surface area (Å²) in [5, 5.41) is 3.06. The third-order valence-corrected chi connectivity index (χ3v) is 2.45. The predicted molar refractivity (Wildman–Crippen MR) is 58.7 cm³/mol. The zero-order valence-electron chi connectivity index (χ0n) is 9.73. The van der Waals surface area contributed by atoms with Crippen LogP contribution in [0.25, 0.3) is 0 Å². The minimum atomic E-state index is -0.501. The van der Waals surface area contributed by atoms with Crippen molar-refractivity contribution in [1.82, 2.24) is 10.2 Å². The molecule has 0 saturated carbocycles. The highest BCUT2D eigenvalue weighted by Gasteiger charge is 2.28. The molecule has 92 valence electrons. The SMILES string of the molecule is CC(C)N(CC(N)=O)C(=O)C1COCCN1. The number of ether oxygens (including phenoxy) is 1. The Hall–Kier alpha value is -1.14. The highest BCUT2D eigenvalue weighted by atomic mass is 16.5. The van der Waals surface area contributed by atoms with Gasteiger partial charge >= 0.3 is 0 Å². The lowest BCUT2D eigenvalue weighted by atomic mass is 10.2. The van der Waals surface area contributed by atoms with Crippen LogP contribution in [0.4, 0.5) is 0 Å². The average Bonchev–Trinajstić information content (AvgIpc) is 2.25. The van der Waals surface area contributed by atoms with Crippen LogP contribution in [0.2, 0.25) is 0 Å². The zero-order valence-corrected chi connectivity index (χ0v) is 9.73. The molecular formula is C10H19N3O3. The number of carbonyl (C=O) groups excluding carboxylic acids is 2. The van der Waals surface area contributed by atoms with Crippen LogP contribution in [0, 0.1) is 0 Å². The summed E-state index contributed by atoms with van der Waals surface area (Å²) in [6.45, 7) is 5.27. The van der Waals surface area contributed by atoms with Crippen molar-refractivity contribution in [2.45, 2.75) is 25.9 Å². The number of primary amides is 1. The van der Waals surface area contributed by atoms with Gasteiger partial charge in [-0.1, -0.05) is 0 Å². The molecule has 6 nitrogen and oxygen atoms in total. The van der Waals surface area contributed by atoms with Gasteiger partial charge in [0.15, 0.2) is 0 Å². The Bertz CT molecular complexity index is 262. The lowest BCUT2D eigenvalue weighted by Crippen LogP contribution is -2.55. The smallest absolute Gasteiger partial charge is 0.242 e. The van der Waals surface area contributed by atoms with Gasteiger partial charge in [-0.15, -0.1) is 0 Å². The lowest BCUT2D eigenvalue weighted by Gasteiger charge is -2.31. The zero-order chi connectivity index (χ0) is 12.1. The number of nitrogens with two attached hydrogens (primary N) is 1. The molecule has 1 saturated heterocycles. The van der Waals surface area contributed by atoms with Crippen molar-refractivity contribution in [2.24, 2.45) is 5.73 Å². The summed E-state index contributed by atoms with van der Waals surface area (Å²) < 4.78 is 5.21. The molecule has 1 heterocycles. The number of nitrogens with one attached hydrogen (secondary N) is 1. The van der Waals surface area contributed by atoms with Crippen molar-refractivity contribution in [2.75, 3.05) is 26.3 Å². The summed E-state index contributed by atoms with van der Waals surface area (Å²) in [5.41, 5.74) is 5.11. The van der Waals surface area contributed by atoms with Crippen molar-refractivity contribution in [3.63, 3.8) is 0 Å². The first kappa shape index (κ1) is 12.9. The van der Waals surface area contributed by atoms with Gasteiger partial charge in [-0.25, -0.2) is 0 Å². The minimum Gasteiger partial charge on any atom is -0.378 e. The maximum atomic E-state index is 12.1. The third-order valence-electron chi connectivity index (χ3n) is 2.45. The Balaban J connectivity index is 2.61. The van der Waals surface area contributed by atoms with E-state index < -0.39 is 5.91 Å². The standard InChI is InChI=1S/C10H19N3O3/c1-7(2)13(5-9(11)14)10(15)8-6-16-4-3-12-8/h7-8,12H,3-6H2,1-2H3,(H2,11,14). The summed E-state index contributed by atoms with van der Waals surface area (Å²) in [6, 6.07) is -0.417. The first-order valence-corrected chi connectivity index (χ1v) is 5.42. The Morgan fingerprint density at radius 1 is 1.56 bits per heavy atom. The number of nitrogens with zero attached hydrogens (tertiary/aromatic N) is 1. The van der Waals surface area contributed by atoms with Crippen LogP contribution in [0.5, 0.6) is 0 Å². The Kier molecular flexibility index (Phi) is 4.70. The molecule has 1 aliphatic heterocycles. The maximum Gasteiger partial charge on any atom is 0.242 e. The second-order valence-corrected chi connectivity index (χ2v) is 4.11. The van der Waals surface area contributed by atoms with E-state index >= 15 is 0 Å². The number of morpholine rings is 1. The summed E-state index contributed by atoms with van der Waals surface area (Å²) in [7, 11) is 0. The molecule has 0 radical (unpaired) electrons. The fraction of sp³-hybridized carbons (Fsp3) is 0.800. The quantitative estimate of drug-likeness (QED) is 0.627. The van der Waals surface area contributed by atoms with Crippen LogP contribution < -0.4 is 11.1 Å². The van der Waals surface area contributed by atoms with Gasteiger partial charge in [0.2, 0.25) is 11.8 Å². The van der Waals surface area contributed by atoms with E-state index in [4.69, 9.17) is 10.5 Å². The second-order valence-electron chi connectivity index (χ2n) is 4.11. The fourth-order valence-electron chi connectivity index (χ4n) is 1.61. The second kappa shape index (κ2) is 5.81. The molecule has 1 atom stereocenters. The molecule has 1 rings (SSSR count). The number of rotatable bonds is 4. The molecule has 6 heteroatoms. The average molecular weight is 229 g/mol. The van der Waals surface area contributed by atoms with Gasteiger partial charge in [-0.2, -0.15) is 0 Å². The van der Waals surface area contributed by atoms with Crippen LogP contribution in [0.3, 0.4) is 0 Å². The molecular weight excluding hydrogens is 210 g/mol. The Morgan fingerprint density at radius 2 is 2.25 bits per heavy atom. The van der Waals surface area contributed by atoms with Crippen LogP contribution in [0.1, 0.15) is 13.8 Å². The van der Waals surface area contributed by atoms with Crippen molar-refractivity contribution in [3.05, 3.63) is 0 Å². The van der Waals surface area contributed by atoms with Crippen molar-refractivity contribution < 1.29 is 14.3 Å². The topological polar surface area (TPSA) is 84.7 Å². The van der Waals surface area contributed by atoms with E-state index in [1.165, 1.54) is 4.90 Å². The summed E-state index contributed by atoms with van der Waals surface area (Å²) in [4.78, 5) is 24.4. The largest absolute Gasteiger partial charge is 0.378 e. The predicted octanol–water partition coefficient (Wildman–Crippen LogP) is -1.30. The molecule has 0 aromatic carbocycles. The molecule has 1 aliphatic rings. The summed E-state index contributed by atoms with van der Waals surface area (Å²) in [5.74, 6) is -0.632. The van der Waals surface area contributed by atoms with Crippen molar-refractivity contribution in [3.8, 4) is 0 Å². The van der Waals surface area contributed by atoms with E-state index in [1.54, 1.807) is 0 Å². The van der Waals surface area contributed by atoms with Crippen molar-refractivity contribution >= 4 is 11.8 Å². The van der Waals surface area contributed by atoms with Gasteiger partial charge in [0.05, 0.1) is 19.8 Å². The molecule has 0 bridgehead atoms. The molecule has 0 aromatic rings.